The van der Waals surface area contributed by atoms with Crippen molar-refractivity contribution in [1.82, 2.24) is 4.90 Å². The van der Waals surface area contributed by atoms with Gasteiger partial charge in [-0.25, -0.2) is 4.79 Å². The number of likely N-dealkylation sites (tertiary alicyclic amines) is 1. The summed E-state index contributed by atoms with van der Waals surface area (Å²) in [4.78, 5) is 14.2. The number of ether oxygens (including phenoxy) is 1. The number of hydrogen-bond donors (Lipinski definition) is 0. The molecule has 1 aliphatic heterocycles. The minimum Gasteiger partial charge on any atom is -0.466 e. The van der Waals surface area contributed by atoms with Crippen LogP contribution in [-0.4, -0.2) is 37.6 Å². The van der Waals surface area contributed by atoms with Gasteiger partial charge in [-0.1, -0.05) is 30.2 Å². The lowest BCUT2D eigenvalue weighted by Gasteiger charge is -2.26. The average molecular weight is 294 g/mol. The van der Waals surface area contributed by atoms with Crippen LogP contribution in [0.4, 0.5) is 0 Å². The lowest BCUT2D eigenvalue weighted by molar-refractivity contribution is -0.136. The van der Waals surface area contributed by atoms with Crippen LogP contribution in [0.5, 0.6) is 0 Å². The van der Waals surface area contributed by atoms with Gasteiger partial charge in [-0.15, -0.1) is 0 Å². The maximum Gasteiger partial charge on any atom is 0.335 e. The monoisotopic (exact) mass is 293 g/mol. The largest absolute Gasteiger partial charge is 0.466 e. The van der Waals surface area contributed by atoms with Crippen LogP contribution < -0.4 is 0 Å². The number of carbonyl (C=O) groups is 1. The van der Waals surface area contributed by atoms with E-state index in [1.165, 1.54) is 26.4 Å². The zero-order chi connectivity index (χ0) is 14.4. The molecule has 0 N–H and O–H groups in total. The van der Waals surface area contributed by atoms with Gasteiger partial charge in [0.25, 0.3) is 0 Å². The highest BCUT2D eigenvalue weighted by atomic mass is 35.5. The summed E-state index contributed by atoms with van der Waals surface area (Å²) in [7, 11) is 1.42. The first kappa shape index (κ1) is 15.1. The fourth-order valence-electron chi connectivity index (χ4n) is 2.42. The molecule has 20 heavy (non-hydrogen) atoms. The third-order valence-corrected chi connectivity index (χ3v) is 3.75. The molecule has 3 nitrogen and oxygen atoms in total. The molecule has 0 saturated carbocycles. The Morgan fingerprint density at radius 2 is 1.90 bits per heavy atom. The lowest BCUT2D eigenvalue weighted by Crippen LogP contribution is -2.33. The summed E-state index contributed by atoms with van der Waals surface area (Å²) in [6.45, 7) is 2.75. The van der Waals surface area contributed by atoms with Crippen LogP contribution >= 0.6 is 11.6 Å². The van der Waals surface area contributed by atoms with Gasteiger partial charge in [-0.05, 0) is 49.7 Å². The van der Waals surface area contributed by atoms with Crippen molar-refractivity contribution in [3.05, 3.63) is 40.4 Å². The quantitative estimate of drug-likeness (QED) is 0.629. The first-order chi connectivity index (χ1) is 9.69. The van der Waals surface area contributed by atoms with E-state index in [-0.39, 0.29) is 5.97 Å². The SMILES string of the molecule is COC(=O)/C(=C\c1ccc(Cl)cc1)CN1CCCCC1. The Balaban J connectivity index is 2.13. The van der Waals surface area contributed by atoms with E-state index in [4.69, 9.17) is 16.3 Å². The molecule has 0 unspecified atom stereocenters. The van der Waals surface area contributed by atoms with Crippen LogP contribution in [0.3, 0.4) is 0 Å². The minimum absolute atomic E-state index is 0.259. The predicted octanol–water partition coefficient (Wildman–Crippen LogP) is 3.38. The molecule has 0 radical (unpaired) electrons. The molecule has 1 heterocycles. The molecule has 0 atom stereocenters. The van der Waals surface area contributed by atoms with Crippen LogP contribution in [0.25, 0.3) is 6.08 Å². The second-order valence-corrected chi connectivity index (χ2v) is 5.49. The number of benzene rings is 1. The van der Waals surface area contributed by atoms with Crippen molar-refractivity contribution in [1.29, 1.82) is 0 Å². The van der Waals surface area contributed by atoms with E-state index in [2.05, 4.69) is 4.90 Å². The molecule has 0 amide bonds. The van der Waals surface area contributed by atoms with E-state index < -0.39 is 0 Å². The minimum atomic E-state index is -0.259. The van der Waals surface area contributed by atoms with Crippen LogP contribution in [-0.2, 0) is 9.53 Å². The number of rotatable bonds is 4. The number of halogens is 1. The van der Waals surface area contributed by atoms with Crippen molar-refractivity contribution in [3.8, 4) is 0 Å². The van der Waals surface area contributed by atoms with Crippen LogP contribution in [0.1, 0.15) is 24.8 Å². The van der Waals surface area contributed by atoms with Crippen molar-refractivity contribution < 1.29 is 9.53 Å². The van der Waals surface area contributed by atoms with Gasteiger partial charge in [-0.3, -0.25) is 4.90 Å². The van der Waals surface area contributed by atoms with Gasteiger partial charge >= 0.3 is 5.97 Å². The summed E-state index contributed by atoms with van der Waals surface area (Å²) < 4.78 is 4.89. The van der Waals surface area contributed by atoms with E-state index in [0.29, 0.717) is 17.1 Å². The second kappa shape index (κ2) is 7.46. The third-order valence-electron chi connectivity index (χ3n) is 3.50. The molecule has 0 bridgehead atoms. The summed E-state index contributed by atoms with van der Waals surface area (Å²) >= 11 is 5.87. The molecule has 1 aromatic rings. The molecule has 4 heteroatoms. The van der Waals surface area contributed by atoms with E-state index in [9.17, 15) is 4.79 Å². The topological polar surface area (TPSA) is 29.5 Å². The Bertz CT molecular complexity index is 476. The summed E-state index contributed by atoms with van der Waals surface area (Å²) in [6, 6.07) is 7.45. The lowest BCUT2D eigenvalue weighted by atomic mass is 10.1. The first-order valence-electron chi connectivity index (χ1n) is 6.96. The number of carbonyl (C=O) groups excluding carboxylic acids is 1. The Kier molecular flexibility index (Phi) is 5.62. The number of esters is 1. The average Bonchev–Trinajstić information content (AvgIpc) is 2.49. The standard InChI is InChI=1S/C16H20ClNO2/c1-20-16(19)14(12-18-9-3-2-4-10-18)11-13-5-7-15(17)8-6-13/h5-8,11H,2-4,9-10,12H2,1H3/b14-11-. The summed E-state index contributed by atoms with van der Waals surface area (Å²) in [5.74, 6) is -0.259. The van der Waals surface area contributed by atoms with Crippen molar-refractivity contribution in [2.45, 2.75) is 19.3 Å². The van der Waals surface area contributed by atoms with Gasteiger partial charge < -0.3 is 4.74 Å². The zero-order valence-corrected chi connectivity index (χ0v) is 12.5. The van der Waals surface area contributed by atoms with Crippen LogP contribution in [0.2, 0.25) is 5.02 Å². The van der Waals surface area contributed by atoms with Gasteiger partial charge in [0.2, 0.25) is 0 Å². The molecule has 1 aliphatic rings. The fourth-order valence-corrected chi connectivity index (χ4v) is 2.54. The third kappa shape index (κ3) is 4.36. The molecule has 108 valence electrons. The second-order valence-electron chi connectivity index (χ2n) is 5.05. The van der Waals surface area contributed by atoms with Crippen molar-refractivity contribution in [2.75, 3.05) is 26.7 Å². The molecule has 2 rings (SSSR count). The normalized spacial score (nSPS) is 17.0. The molecule has 0 aliphatic carbocycles. The van der Waals surface area contributed by atoms with Crippen molar-refractivity contribution in [3.63, 3.8) is 0 Å². The molecule has 0 aromatic heterocycles. The number of methoxy groups -OCH3 is 1. The van der Waals surface area contributed by atoms with Crippen LogP contribution in [0, 0.1) is 0 Å². The smallest absolute Gasteiger partial charge is 0.335 e. The molecule has 1 fully saturated rings. The predicted molar refractivity (Wildman–Crippen MR) is 81.7 cm³/mol. The Morgan fingerprint density at radius 1 is 1.25 bits per heavy atom. The van der Waals surface area contributed by atoms with E-state index in [1.54, 1.807) is 0 Å². The maximum absolute atomic E-state index is 11.9. The molecule has 1 saturated heterocycles. The summed E-state index contributed by atoms with van der Waals surface area (Å²) in [6.07, 6.45) is 5.58. The summed E-state index contributed by atoms with van der Waals surface area (Å²) in [5, 5.41) is 0.692. The van der Waals surface area contributed by atoms with Gasteiger partial charge in [0, 0.05) is 11.6 Å². The first-order valence-corrected chi connectivity index (χ1v) is 7.33. The zero-order valence-electron chi connectivity index (χ0n) is 11.8. The van der Waals surface area contributed by atoms with Crippen molar-refractivity contribution >= 4 is 23.6 Å². The molecular formula is C16H20ClNO2. The Morgan fingerprint density at radius 3 is 2.50 bits per heavy atom. The van der Waals surface area contributed by atoms with Gasteiger partial charge in [0.15, 0.2) is 0 Å². The highest BCUT2D eigenvalue weighted by Gasteiger charge is 2.16. The van der Waals surface area contributed by atoms with Gasteiger partial charge in [-0.2, -0.15) is 0 Å². The number of nitrogens with zero attached hydrogens (tertiary/aromatic N) is 1. The highest BCUT2D eigenvalue weighted by molar-refractivity contribution is 6.30. The Labute approximate surface area is 125 Å². The van der Waals surface area contributed by atoms with Crippen LogP contribution in [0.15, 0.2) is 29.8 Å². The van der Waals surface area contributed by atoms with E-state index >= 15 is 0 Å². The Hall–Kier alpha value is -1.32. The highest BCUT2D eigenvalue weighted by Crippen LogP contribution is 2.16. The van der Waals surface area contributed by atoms with Gasteiger partial charge in [0.05, 0.1) is 12.7 Å². The van der Waals surface area contributed by atoms with E-state index in [1.807, 2.05) is 30.3 Å². The van der Waals surface area contributed by atoms with Crippen molar-refractivity contribution in [2.24, 2.45) is 0 Å². The molecule has 0 spiro atoms. The number of piperidine rings is 1. The summed E-state index contributed by atoms with van der Waals surface area (Å²) in [5.41, 5.74) is 1.66. The fraction of sp³-hybridized carbons (Fsp3) is 0.438. The van der Waals surface area contributed by atoms with E-state index in [0.717, 1.165) is 18.7 Å². The molecule has 1 aromatic carbocycles. The van der Waals surface area contributed by atoms with Gasteiger partial charge in [0.1, 0.15) is 0 Å². The maximum atomic E-state index is 11.9. The molecular weight excluding hydrogens is 274 g/mol. The number of hydrogen-bond acceptors (Lipinski definition) is 3.